The van der Waals surface area contributed by atoms with Crippen LogP contribution in [0.4, 0.5) is 4.39 Å². The second-order valence-electron chi connectivity index (χ2n) is 5.22. The minimum atomic E-state index is -0.175. The standard InChI is InChI=1S/C15H20ClF/c1-2-15(9-3-4-10-15)14(16)11-12-5-7-13(17)8-6-12/h5-8,14H,2-4,9-11H2,1H3. The van der Waals surface area contributed by atoms with Crippen LogP contribution in [0.2, 0.25) is 0 Å². The highest BCUT2D eigenvalue weighted by Crippen LogP contribution is 2.46. The molecule has 1 unspecified atom stereocenters. The van der Waals surface area contributed by atoms with E-state index in [9.17, 15) is 4.39 Å². The summed E-state index contributed by atoms with van der Waals surface area (Å²) >= 11 is 6.62. The Morgan fingerprint density at radius 3 is 2.35 bits per heavy atom. The van der Waals surface area contributed by atoms with Gasteiger partial charge in [-0.1, -0.05) is 31.9 Å². The lowest BCUT2D eigenvalue weighted by Gasteiger charge is -2.33. The number of hydrogen-bond donors (Lipinski definition) is 0. The molecule has 1 aliphatic carbocycles. The van der Waals surface area contributed by atoms with E-state index in [1.165, 1.54) is 37.8 Å². The molecule has 1 aliphatic rings. The maximum atomic E-state index is 12.8. The van der Waals surface area contributed by atoms with E-state index in [0.717, 1.165) is 18.4 Å². The summed E-state index contributed by atoms with van der Waals surface area (Å²) in [7, 11) is 0. The van der Waals surface area contributed by atoms with E-state index in [-0.39, 0.29) is 11.2 Å². The Kier molecular flexibility index (Phi) is 4.09. The van der Waals surface area contributed by atoms with Crippen LogP contribution in [0.1, 0.15) is 44.6 Å². The zero-order chi connectivity index (χ0) is 12.3. The SMILES string of the molecule is CCC1(C(Cl)Cc2ccc(F)cc2)CCCC1. The van der Waals surface area contributed by atoms with Gasteiger partial charge in [-0.2, -0.15) is 0 Å². The van der Waals surface area contributed by atoms with Crippen molar-refractivity contribution in [1.82, 2.24) is 0 Å². The largest absolute Gasteiger partial charge is 0.207 e. The highest BCUT2D eigenvalue weighted by Gasteiger charge is 2.38. The number of rotatable bonds is 4. The van der Waals surface area contributed by atoms with Gasteiger partial charge in [-0.3, -0.25) is 0 Å². The molecule has 0 N–H and O–H groups in total. The molecule has 1 fully saturated rings. The lowest BCUT2D eigenvalue weighted by molar-refractivity contribution is 0.267. The fourth-order valence-corrected chi connectivity index (χ4v) is 3.56. The van der Waals surface area contributed by atoms with Crippen molar-refractivity contribution < 1.29 is 4.39 Å². The van der Waals surface area contributed by atoms with Crippen molar-refractivity contribution in [2.24, 2.45) is 5.41 Å². The Morgan fingerprint density at radius 2 is 1.82 bits per heavy atom. The maximum Gasteiger partial charge on any atom is 0.123 e. The molecule has 94 valence electrons. The third kappa shape index (κ3) is 2.82. The molecule has 2 heteroatoms. The molecule has 2 rings (SSSR count). The molecule has 0 saturated heterocycles. The van der Waals surface area contributed by atoms with Gasteiger partial charge in [-0.05, 0) is 48.8 Å². The van der Waals surface area contributed by atoms with Gasteiger partial charge in [0, 0.05) is 5.38 Å². The van der Waals surface area contributed by atoms with Crippen molar-refractivity contribution >= 4 is 11.6 Å². The summed E-state index contributed by atoms with van der Waals surface area (Å²) in [6, 6.07) is 6.74. The normalized spacial score (nSPS) is 20.4. The second kappa shape index (κ2) is 5.39. The van der Waals surface area contributed by atoms with Crippen molar-refractivity contribution in [3.05, 3.63) is 35.6 Å². The van der Waals surface area contributed by atoms with Gasteiger partial charge in [0.25, 0.3) is 0 Å². The summed E-state index contributed by atoms with van der Waals surface area (Å²) in [5.41, 5.74) is 1.46. The van der Waals surface area contributed by atoms with E-state index >= 15 is 0 Å². The monoisotopic (exact) mass is 254 g/mol. The second-order valence-corrected chi connectivity index (χ2v) is 5.75. The van der Waals surface area contributed by atoms with Gasteiger partial charge in [0.2, 0.25) is 0 Å². The van der Waals surface area contributed by atoms with E-state index in [0.29, 0.717) is 5.41 Å². The number of benzene rings is 1. The van der Waals surface area contributed by atoms with Crippen LogP contribution in [0.25, 0.3) is 0 Å². The van der Waals surface area contributed by atoms with Crippen LogP contribution in [0.5, 0.6) is 0 Å². The molecular weight excluding hydrogens is 235 g/mol. The molecule has 17 heavy (non-hydrogen) atoms. The first-order chi connectivity index (χ1) is 8.16. The smallest absolute Gasteiger partial charge is 0.123 e. The first-order valence-corrected chi connectivity index (χ1v) is 6.98. The number of halogens is 2. The van der Waals surface area contributed by atoms with E-state index in [1.807, 2.05) is 12.1 Å². The van der Waals surface area contributed by atoms with E-state index < -0.39 is 0 Å². The van der Waals surface area contributed by atoms with Gasteiger partial charge >= 0.3 is 0 Å². The minimum absolute atomic E-state index is 0.175. The third-order valence-corrected chi connectivity index (χ3v) is 4.91. The summed E-state index contributed by atoms with van der Waals surface area (Å²) in [5.74, 6) is -0.175. The Labute approximate surface area is 108 Å². The highest BCUT2D eigenvalue weighted by atomic mass is 35.5. The first-order valence-electron chi connectivity index (χ1n) is 6.55. The Bertz CT molecular complexity index is 352. The lowest BCUT2D eigenvalue weighted by atomic mass is 9.78. The molecule has 0 radical (unpaired) electrons. The molecule has 1 aromatic rings. The molecule has 1 saturated carbocycles. The third-order valence-electron chi connectivity index (χ3n) is 4.30. The predicted octanol–water partition coefficient (Wildman–Crippen LogP) is 4.95. The van der Waals surface area contributed by atoms with Crippen LogP contribution in [0, 0.1) is 11.2 Å². The average molecular weight is 255 g/mol. The first kappa shape index (κ1) is 12.9. The summed E-state index contributed by atoms with van der Waals surface area (Å²) in [4.78, 5) is 0. The van der Waals surface area contributed by atoms with E-state index in [4.69, 9.17) is 11.6 Å². The van der Waals surface area contributed by atoms with Gasteiger partial charge in [0.1, 0.15) is 5.82 Å². The van der Waals surface area contributed by atoms with Crippen molar-refractivity contribution in [2.45, 2.75) is 50.8 Å². The lowest BCUT2D eigenvalue weighted by Crippen LogP contribution is -2.29. The highest BCUT2D eigenvalue weighted by molar-refractivity contribution is 6.21. The van der Waals surface area contributed by atoms with Crippen molar-refractivity contribution in [2.75, 3.05) is 0 Å². The summed E-state index contributed by atoms with van der Waals surface area (Å²) in [5, 5.41) is 0.181. The summed E-state index contributed by atoms with van der Waals surface area (Å²) in [6.07, 6.45) is 7.12. The fourth-order valence-electron chi connectivity index (χ4n) is 3.01. The average Bonchev–Trinajstić information content (AvgIpc) is 2.82. The van der Waals surface area contributed by atoms with Crippen LogP contribution >= 0.6 is 11.6 Å². The van der Waals surface area contributed by atoms with Crippen molar-refractivity contribution in [3.8, 4) is 0 Å². The minimum Gasteiger partial charge on any atom is -0.207 e. The Morgan fingerprint density at radius 1 is 1.24 bits per heavy atom. The quantitative estimate of drug-likeness (QED) is 0.667. The van der Waals surface area contributed by atoms with Gasteiger partial charge in [0.05, 0.1) is 0 Å². The molecule has 1 aromatic carbocycles. The van der Waals surface area contributed by atoms with Gasteiger partial charge in [0.15, 0.2) is 0 Å². The summed E-state index contributed by atoms with van der Waals surface area (Å²) in [6.45, 7) is 2.24. The maximum absolute atomic E-state index is 12.8. The van der Waals surface area contributed by atoms with Crippen LogP contribution in [-0.2, 0) is 6.42 Å². The molecule has 0 bridgehead atoms. The Balaban J connectivity index is 2.05. The molecule has 0 aliphatic heterocycles. The van der Waals surface area contributed by atoms with Crippen LogP contribution in [-0.4, -0.2) is 5.38 Å². The van der Waals surface area contributed by atoms with Crippen LogP contribution in [0.15, 0.2) is 24.3 Å². The topological polar surface area (TPSA) is 0 Å². The van der Waals surface area contributed by atoms with Crippen LogP contribution < -0.4 is 0 Å². The number of hydrogen-bond acceptors (Lipinski definition) is 0. The molecular formula is C15H20ClF. The van der Waals surface area contributed by atoms with Crippen molar-refractivity contribution in [1.29, 1.82) is 0 Å². The van der Waals surface area contributed by atoms with E-state index in [1.54, 1.807) is 0 Å². The molecule has 1 atom stereocenters. The number of alkyl halides is 1. The predicted molar refractivity (Wildman–Crippen MR) is 70.9 cm³/mol. The fraction of sp³-hybridized carbons (Fsp3) is 0.600. The molecule has 0 amide bonds. The molecule has 0 aromatic heterocycles. The van der Waals surface area contributed by atoms with E-state index in [2.05, 4.69) is 6.92 Å². The zero-order valence-corrected chi connectivity index (χ0v) is 11.1. The molecule has 0 heterocycles. The summed E-state index contributed by atoms with van der Waals surface area (Å²) < 4.78 is 12.8. The van der Waals surface area contributed by atoms with Gasteiger partial charge in [-0.15, -0.1) is 11.6 Å². The van der Waals surface area contributed by atoms with Crippen LogP contribution in [0.3, 0.4) is 0 Å². The Hall–Kier alpha value is -0.560. The van der Waals surface area contributed by atoms with Crippen molar-refractivity contribution in [3.63, 3.8) is 0 Å². The molecule has 0 spiro atoms. The van der Waals surface area contributed by atoms with Gasteiger partial charge < -0.3 is 0 Å². The molecule has 0 nitrogen and oxygen atoms in total. The van der Waals surface area contributed by atoms with Gasteiger partial charge in [-0.25, -0.2) is 4.39 Å². The zero-order valence-electron chi connectivity index (χ0n) is 10.4.